The van der Waals surface area contributed by atoms with Crippen LogP contribution in [0.2, 0.25) is 0 Å². The van der Waals surface area contributed by atoms with Crippen molar-refractivity contribution in [3.05, 3.63) is 75.5 Å². The minimum Gasteiger partial charge on any atom is -0.465 e. The predicted octanol–water partition coefficient (Wildman–Crippen LogP) is 9.79. The van der Waals surface area contributed by atoms with Gasteiger partial charge in [-0.25, -0.2) is 9.59 Å². The van der Waals surface area contributed by atoms with E-state index in [1.165, 1.54) is 61.4 Å². The monoisotopic (exact) mass is 779 g/mol. The Balaban J connectivity index is 0.000000263. The van der Waals surface area contributed by atoms with E-state index < -0.39 is 5.60 Å². The van der Waals surface area contributed by atoms with E-state index in [1.54, 1.807) is 0 Å². The van der Waals surface area contributed by atoms with Crippen LogP contribution in [0.25, 0.3) is 16.5 Å². The summed E-state index contributed by atoms with van der Waals surface area (Å²) in [6.45, 7) is 18.3. The molecule has 2 atom stereocenters. The number of nitrogens with zero attached hydrogens (tertiary/aromatic N) is 2. The number of ether oxygens (including phenoxy) is 2. The molecule has 2 aliphatic rings. The van der Waals surface area contributed by atoms with Gasteiger partial charge in [0.25, 0.3) is 0 Å². The zero-order valence-corrected chi connectivity index (χ0v) is 34.1. The van der Waals surface area contributed by atoms with Crippen LogP contribution in [-0.2, 0) is 23.9 Å². The zero-order valence-electron chi connectivity index (χ0n) is 32.5. The number of hydrogen-bond acceptors (Lipinski definition) is 7. The van der Waals surface area contributed by atoms with Gasteiger partial charge in [-0.2, -0.15) is 9.59 Å². The minimum atomic E-state index is -0.431. The second kappa shape index (κ2) is 19.8. The number of halogens is 1. The minimum absolute atomic E-state index is 0.179. The molecule has 2 heterocycles. The van der Waals surface area contributed by atoms with Gasteiger partial charge in [-0.15, -0.1) is 0 Å². The third kappa shape index (κ3) is 11.3. The quantitative estimate of drug-likeness (QED) is 0.188. The fourth-order valence-corrected chi connectivity index (χ4v) is 8.06. The first-order valence-corrected chi connectivity index (χ1v) is 19.3. The van der Waals surface area contributed by atoms with E-state index in [2.05, 4.69) is 77.8 Å². The number of carbonyl (C=O) groups excluding carboxylic acids is 4. The van der Waals surface area contributed by atoms with Gasteiger partial charge in [0.1, 0.15) is 5.60 Å². The summed E-state index contributed by atoms with van der Waals surface area (Å²) in [4.78, 5) is 42.7. The number of benzene rings is 2. The standard InChI is InChI=1S/C22H32N2O2.C19H26BrNO2.CO2/c1-15-16(2)24(20-10-8-7-9-19(15)20)17(3)18-11-13-23(14-12-18)21(25)26-22(4,5)6;1-13(15-9-5-4-6-10-15)21-14(2)18(19(22)23-3)16-11-7-8-12-17(16)20;2-1-3/h7-10,17-18H,11-14H2,1-6H3;7-8,11-13,15,21H,4-6,9-10H2,1-3H3;/b;18-14+;/t17-;13-;/m11./s1. The Bertz CT molecular complexity index is 1700. The molecule has 52 heavy (non-hydrogen) atoms. The first kappa shape index (κ1) is 42.5. The summed E-state index contributed by atoms with van der Waals surface area (Å²) in [7, 11) is 1.43. The highest BCUT2D eigenvalue weighted by molar-refractivity contribution is 9.10. The van der Waals surface area contributed by atoms with Crippen molar-refractivity contribution in [2.45, 2.75) is 118 Å². The van der Waals surface area contributed by atoms with E-state index in [1.807, 2.05) is 56.9 Å². The first-order valence-electron chi connectivity index (χ1n) is 18.5. The fourth-order valence-electron chi connectivity index (χ4n) is 7.58. The smallest absolute Gasteiger partial charge is 0.410 e. The summed E-state index contributed by atoms with van der Waals surface area (Å²) >= 11 is 3.54. The molecule has 1 amide bonds. The summed E-state index contributed by atoms with van der Waals surface area (Å²) in [5.74, 6) is 0.942. The lowest BCUT2D eigenvalue weighted by atomic mass is 9.84. The van der Waals surface area contributed by atoms with E-state index in [4.69, 9.17) is 19.1 Å². The summed E-state index contributed by atoms with van der Waals surface area (Å²) in [6.07, 6.45) is 8.62. The molecule has 3 aromatic rings. The van der Waals surface area contributed by atoms with E-state index >= 15 is 0 Å². The number of aromatic nitrogens is 1. The van der Waals surface area contributed by atoms with Crippen LogP contribution in [0, 0.1) is 25.7 Å². The summed E-state index contributed by atoms with van der Waals surface area (Å²) in [5, 5.41) is 4.90. The molecule has 1 aliphatic carbocycles. The molecule has 0 radical (unpaired) electrons. The second-order valence-electron chi connectivity index (χ2n) is 15.0. The SMILES string of the molecule is COC(=O)/C(=C(\C)N[C@H](C)C1CCCCC1)c1ccccc1Br.Cc1c(C)n([C@H](C)C2CCN(C(=O)OC(C)(C)C)CC2)c2ccccc12.O=C=O. The number of piperidine rings is 1. The molecule has 0 spiro atoms. The molecule has 5 rings (SSSR count). The Hall–Kier alpha value is -3.88. The number of hydrogen-bond donors (Lipinski definition) is 1. The number of allylic oxidation sites excluding steroid dienone is 1. The third-order valence-corrected chi connectivity index (χ3v) is 11.2. The predicted molar refractivity (Wildman–Crippen MR) is 210 cm³/mol. The fraction of sp³-hybridized carbons (Fsp3) is 0.548. The van der Waals surface area contributed by atoms with E-state index in [9.17, 15) is 9.59 Å². The Morgan fingerprint density at radius 1 is 0.904 bits per heavy atom. The first-order chi connectivity index (χ1) is 24.6. The van der Waals surface area contributed by atoms with E-state index in [-0.39, 0.29) is 18.2 Å². The number of para-hydroxylation sites is 1. The van der Waals surface area contributed by atoms with Gasteiger partial charge in [0.05, 0.1) is 12.7 Å². The number of esters is 1. The molecule has 1 saturated heterocycles. The lowest BCUT2D eigenvalue weighted by molar-refractivity contribution is -0.191. The van der Waals surface area contributed by atoms with Gasteiger partial charge in [0, 0.05) is 57.5 Å². The highest BCUT2D eigenvalue weighted by Gasteiger charge is 2.31. The van der Waals surface area contributed by atoms with Crippen molar-refractivity contribution in [1.29, 1.82) is 0 Å². The Labute approximate surface area is 318 Å². The van der Waals surface area contributed by atoms with E-state index in [0.29, 0.717) is 29.5 Å². The molecule has 2 fully saturated rings. The topological polar surface area (TPSA) is 107 Å². The van der Waals surface area contributed by atoms with Gasteiger partial charge in [0.15, 0.2) is 0 Å². The van der Waals surface area contributed by atoms with E-state index in [0.717, 1.165) is 41.7 Å². The molecule has 2 aromatic carbocycles. The lowest BCUT2D eigenvalue weighted by Crippen LogP contribution is -2.42. The average Bonchev–Trinajstić information content (AvgIpc) is 3.38. The molecule has 9 nitrogen and oxygen atoms in total. The maximum absolute atomic E-state index is 12.3. The molecule has 1 aliphatic heterocycles. The lowest BCUT2D eigenvalue weighted by Gasteiger charge is -2.36. The van der Waals surface area contributed by atoms with Gasteiger partial charge in [-0.3, -0.25) is 0 Å². The number of amides is 1. The van der Waals surface area contributed by atoms with Crippen LogP contribution in [0.4, 0.5) is 4.79 Å². The van der Waals surface area contributed by atoms with Crippen molar-refractivity contribution >= 4 is 50.6 Å². The Morgan fingerprint density at radius 2 is 1.48 bits per heavy atom. The van der Waals surface area contributed by atoms with Crippen LogP contribution in [0.5, 0.6) is 0 Å². The molecular weight excluding hydrogens is 722 g/mol. The molecule has 1 aromatic heterocycles. The summed E-state index contributed by atoms with van der Waals surface area (Å²) in [6, 6.07) is 17.2. The van der Waals surface area contributed by atoms with Gasteiger partial charge in [0.2, 0.25) is 0 Å². The van der Waals surface area contributed by atoms with Gasteiger partial charge >= 0.3 is 18.2 Å². The number of nitrogens with one attached hydrogen (secondary N) is 1. The van der Waals surface area contributed by atoms with Crippen molar-refractivity contribution in [1.82, 2.24) is 14.8 Å². The van der Waals surface area contributed by atoms with Crippen molar-refractivity contribution in [2.24, 2.45) is 11.8 Å². The van der Waals surface area contributed by atoms with Crippen molar-refractivity contribution in [3.63, 3.8) is 0 Å². The number of aryl methyl sites for hydroxylation is 1. The summed E-state index contributed by atoms with van der Waals surface area (Å²) < 4.78 is 13.9. The van der Waals surface area contributed by atoms with Crippen molar-refractivity contribution < 1.29 is 28.7 Å². The van der Waals surface area contributed by atoms with Crippen molar-refractivity contribution in [3.8, 4) is 0 Å². The molecule has 0 bridgehead atoms. The van der Waals surface area contributed by atoms with Crippen LogP contribution < -0.4 is 5.32 Å². The summed E-state index contributed by atoms with van der Waals surface area (Å²) in [5.41, 5.74) is 5.96. The van der Waals surface area contributed by atoms with Crippen LogP contribution >= 0.6 is 15.9 Å². The van der Waals surface area contributed by atoms with Crippen LogP contribution in [0.15, 0.2) is 58.7 Å². The van der Waals surface area contributed by atoms with Crippen LogP contribution in [-0.4, -0.2) is 59.5 Å². The number of likely N-dealkylation sites (tertiary alicyclic amines) is 1. The Kier molecular flexibility index (Phi) is 16.2. The van der Waals surface area contributed by atoms with Gasteiger partial charge in [-0.1, -0.05) is 71.6 Å². The molecular formula is C42H58BrN3O6. The molecule has 10 heteroatoms. The molecule has 1 N–H and O–H groups in total. The average molecular weight is 781 g/mol. The molecule has 0 unspecified atom stereocenters. The normalized spacial score (nSPS) is 16.9. The Morgan fingerprint density at radius 3 is 2.06 bits per heavy atom. The number of fused-ring (bicyclic) bond motifs is 1. The molecule has 1 saturated carbocycles. The third-order valence-electron chi connectivity index (χ3n) is 10.5. The highest BCUT2D eigenvalue weighted by atomic mass is 79.9. The largest absolute Gasteiger partial charge is 0.465 e. The van der Waals surface area contributed by atoms with Gasteiger partial charge < -0.3 is 24.3 Å². The second-order valence-corrected chi connectivity index (χ2v) is 15.9. The van der Waals surface area contributed by atoms with Crippen LogP contribution in [0.1, 0.15) is 109 Å². The van der Waals surface area contributed by atoms with Crippen LogP contribution in [0.3, 0.4) is 0 Å². The zero-order chi connectivity index (χ0) is 38.6. The van der Waals surface area contributed by atoms with Gasteiger partial charge in [-0.05, 0) is 111 Å². The number of carbonyl (C=O) groups is 2. The maximum Gasteiger partial charge on any atom is 0.410 e. The van der Waals surface area contributed by atoms with Crippen molar-refractivity contribution in [2.75, 3.05) is 20.2 Å². The highest BCUT2D eigenvalue weighted by Crippen LogP contribution is 2.36. The number of methoxy groups -OCH3 is 1. The molecule has 284 valence electrons. The maximum atomic E-state index is 12.3. The number of rotatable bonds is 7.